The Morgan fingerprint density at radius 3 is 2.06 bits per heavy atom. The lowest BCUT2D eigenvalue weighted by atomic mass is 9.95. The number of nitrogens with zero attached hydrogens (tertiary/aromatic N) is 1. The van der Waals surface area contributed by atoms with Gasteiger partial charge >= 0.3 is 0 Å². The number of aromatic hydroxyl groups is 1. The first-order valence-corrected chi connectivity index (χ1v) is 10.5. The SMILES string of the molecule is Cc1cc(C)cc(N2C(=O)C(=O)/C(=C(/O)c3ccc(Br)cc3)C2c2ccc(O)cc2)c1. The van der Waals surface area contributed by atoms with Crippen molar-refractivity contribution in [3.8, 4) is 5.75 Å². The highest BCUT2D eigenvalue weighted by Gasteiger charge is 2.47. The van der Waals surface area contributed by atoms with Crippen molar-refractivity contribution in [1.82, 2.24) is 0 Å². The van der Waals surface area contributed by atoms with Crippen LogP contribution in [-0.2, 0) is 9.59 Å². The Morgan fingerprint density at radius 1 is 0.903 bits per heavy atom. The third-order valence-electron chi connectivity index (χ3n) is 5.26. The van der Waals surface area contributed by atoms with Crippen LogP contribution in [0, 0.1) is 13.8 Å². The molecule has 5 nitrogen and oxygen atoms in total. The highest BCUT2D eigenvalue weighted by Crippen LogP contribution is 2.42. The fourth-order valence-corrected chi connectivity index (χ4v) is 4.19. The fraction of sp³-hybridized carbons (Fsp3) is 0.120. The summed E-state index contributed by atoms with van der Waals surface area (Å²) in [7, 11) is 0. The van der Waals surface area contributed by atoms with E-state index < -0.39 is 17.7 Å². The Bertz CT molecular complexity index is 1190. The van der Waals surface area contributed by atoms with Gasteiger partial charge < -0.3 is 10.2 Å². The summed E-state index contributed by atoms with van der Waals surface area (Å²) in [4.78, 5) is 27.7. The van der Waals surface area contributed by atoms with E-state index in [1.807, 2.05) is 32.0 Å². The van der Waals surface area contributed by atoms with E-state index in [0.717, 1.165) is 15.6 Å². The first-order valence-electron chi connectivity index (χ1n) is 9.70. The van der Waals surface area contributed by atoms with Crippen molar-refractivity contribution in [3.63, 3.8) is 0 Å². The first kappa shape index (κ1) is 20.9. The maximum Gasteiger partial charge on any atom is 0.300 e. The number of anilines is 1. The molecule has 3 aromatic carbocycles. The second kappa shape index (κ2) is 8.04. The third-order valence-corrected chi connectivity index (χ3v) is 5.78. The van der Waals surface area contributed by atoms with Crippen LogP contribution in [0.15, 0.2) is 76.8 Å². The fourth-order valence-electron chi connectivity index (χ4n) is 3.92. The van der Waals surface area contributed by atoms with E-state index in [0.29, 0.717) is 16.8 Å². The van der Waals surface area contributed by atoms with E-state index in [1.165, 1.54) is 17.0 Å². The van der Waals surface area contributed by atoms with Crippen molar-refractivity contribution < 1.29 is 19.8 Å². The molecular weight excluding hydrogens is 458 g/mol. The molecule has 0 aliphatic carbocycles. The smallest absolute Gasteiger partial charge is 0.300 e. The highest BCUT2D eigenvalue weighted by molar-refractivity contribution is 9.10. The number of halogens is 1. The molecule has 0 bridgehead atoms. The summed E-state index contributed by atoms with van der Waals surface area (Å²) in [5.41, 5.74) is 3.54. The van der Waals surface area contributed by atoms with Crippen LogP contribution >= 0.6 is 15.9 Å². The Labute approximate surface area is 188 Å². The number of hydrogen-bond donors (Lipinski definition) is 2. The molecule has 1 unspecified atom stereocenters. The van der Waals surface area contributed by atoms with Gasteiger partial charge in [0.15, 0.2) is 0 Å². The predicted molar refractivity (Wildman–Crippen MR) is 123 cm³/mol. The molecule has 3 aromatic rings. The number of phenolic OH excluding ortho intramolecular Hbond substituents is 1. The zero-order chi connectivity index (χ0) is 22.3. The second-order valence-electron chi connectivity index (χ2n) is 7.61. The van der Waals surface area contributed by atoms with Crippen molar-refractivity contribution in [2.45, 2.75) is 19.9 Å². The van der Waals surface area contributed by atoms with Crippen molar-refractivity contribution in [2.75, 3.05) is 4.90 Å². The summed E-state index contributed by atoms with van der Waals surface area (Å²) in [5, 5.41) is 20.8. The number of benzene rings is 3. The number of Topliss-reactive ketones (excluding diaryl/α,β-unsaturated/α-hetero) is 1. The largest absolute Gasteiger partial charge is 0.508 e. The monoisotopic (exact) mass is 477 g/mol. The molecule has 0 spiro atoms. The standard InChI is InChI=1S/C25H20BrNO4/c1-14-11-15(2)13-19(12-14)27-22(16-5-9-20(28)10-6-16)21(24(30)25(27)31)23(29)17-3-7-18(26)8-4-17/h3-13,22,28-29H,1-2H3/b23-21+. The van der Waals surface area contributed by atoms with Gasteiger partial charge in [-0.15, -0.1) is 0 Å². The molecule has 1 aliphatic rings. The van der Waals surface area contributed by atoms with E-state index in [-0.39, 0.29) is 17.1 Å². The van der Waals surface area contributed by atoms with Crippen LogP contribution < -0.4 is 4.90 Å². The number of carbonyl (C=O) groups is 2. The van der Waals surface area contributed by atoms with Gasteiger partial charge in [0.2, 0.25) is 0 Å². The van der Waals surface area contributed by atoms with Gasteiger partial charge in [0.05, 0.1) is 11.6 Å². The third kappa shape index (κ3) is 3.86. The Balaban J connectivity index is 1.96. The van der Waals surface area contributed by atoms with Crippen LogP contribution in [0.25, 0.3) is 5.76 Å². The topological polar surface area (TPSA) is 77.8 Å². The lowest BCUT2D eigenvalue weighted by Crippen LogP contribution is -2.29. The van der Waals surface area contributed by atoms with Gasteiger partial charge in [-0.1, -0.05) is 46.3 Å². The lowest BCUT2D eigenvalue weighted by molar-refractivity contribution is -0.132. The first-order chi connectivity index (χ1) is 14.8. The number of phenols is 1. The van der Waals surface area contributed by atoms with Crippen LogP contribution in [0.2, 0.25) is 0 Å². The molecular formula is C25H20BrNO4. The van der Waals surface area contributed by atoms with Crippen LogP contribution in [0.5, 0.6) is 5.75 Å². The molecule has 1 aliphatic heterocycles. The molecule has 2 N–H and O–H groups in total. The van der Waals surface area contributed by atoms with E-state index in [1.54, 1.807) is 36.4 Å². The zero-order valence-corrected chi connectivity index (χ0v) is 18.6. The number of rotatable bonds is 3. The zero-order valence-electron chi connectivity index (χ0n) is 17.0. The van der Waals surface area contributed by atoms with E-state index in [4.69, 9.17) is 0 Å². The van der Waals surface area contributed by atoms with Crippen LogP contribution in [0.4, 0.5) is 5.69 Å². The molecule has 156 valence electrons. The average molecular weight is 478 g/mol. The Hall–Kier alpha value is -3.38. The number of aliphatic hydroxyl groups is 1. The molecule has 1 heterocycles. The molecule has 0 radical (unpaired) electrons. The number of carbonyl (C=O) groups excluding carboxylic acids is 2. The van der Waals surface area contributed by atoms with Crippen molar-refractivity contribution in [2.24, 2.45) is 0 Å². The van der Waals surface area contributed by atoms with Gasteiger partial charge in [0.1, 0.15) is 11.5 Å². The Morgan fingerprint density at radius 2 is 1.48 bits per heavy atom. The predicted octanol–water partition coefficient (Wildman–Crippen LogP) is 5.40. The minimum absolute atomic E-state index is 0.0113. The number of amides is 1. The maximum atomic E-state index is 13.2. The van der Waals surface area contributed by atoms with Gasteiger partial charge in [0, 0.05) is 15.7 Å². The summed E-state index contributed by atoms with van der Waals surface area (Å²) in [6.07, 6.45) is 0. The van der Waals surface area contributed by atoms with Crippen molar-refractivity contribution >= 4 is 39.1 Å². The summed E-state index contributed by atoms with van der Waals surface area (Å²) < 4.78 is 0.829. The number of hydrogen-bond acceptors (Lipinski definition) is 4. The molecule has 4 rings (SSSR count). The number of ketones is 1. The highest BCUT2D eigenvalue weighted by atomic mass is 79.9. The van der Waals surface area contributed by atoms with Gasteiger partial charge in [-0.25, -0.2) is 0 Å². The normalized spacial score (nSPS) is 17.9. The minimum atomic E-state index is -0.828. The molecule has 0 saturated carbocycles. The number of aryl methyl sites for hydroxylation is 2. The van der Waals surface area contributed by atoms with Crippen LogP contribution in [0.1, 0.15) is 28.3 Å². The van der Waals surface area contributed by atoms with E-state index >= 15 is 0 Å². The van der Waals surface area contributed by atoms with Crippen LogP contribution in [-0.4, -0.2) is 21.9 Å². The summed E-state index contributed by atoms with van der Waals surface area (Å²) >= 11 is 3.36. The maximum absolute atomic E-state index is 13.2. The van der Waals surface area contributed by atoms with E-state index in [9.17, 15) is 19.8 Å². The molecule has 31 heavy (non-hydrogen) atoms. The van der Waals surface area contributed by atoms with Crippen molar-refractivity contribution in [1.29, 1.82) is 0 Å². The van der Waals surface area contributed by atoms with E-state index in [2.05, 4.69) is 15.9 Å². The molecule has 1 atom stereocenters. The van der Waals surface area contributed by atoms with Crippen molar-refractivity contribution in [3.05, 3.63) is 99.0 Å². The molecule has 1 amide bonds. The lowest BCUT2D eigenvalue weighted by Gasteiger charge is -2.26. The quantitative estimate of drug-likeness (QED) is 0.300. The summed E-state index contributed by atoms with van der Waals surface area (Å²) in [5.74, 6) is -1.63. The summed E-state index contributed by atoms with van der Waals surface area (Å²) in [6.45, 7) is 3.84. The molecule has 1 saturated heterocycles. The van der Waals surface area contributed by atoms with Gasteiger partial charge in [0.25, 0.3) is 11.7 Å². The molecule has 6 heteroatoms. The second-order valence-corrected chi connectivity index (χ2v) is 8.53. The van der Waals surface area contributed by atoms with Crippen LogP contribution in [0.3, 0.4) is 0 Å². The summed E-state index contributed by atoms with van der Waals surface area (Å²) in [6, 6.07) is 18.0. The Kier molecular flexibility index (Phi) is 5.41. The number of aliphatic hydroxyl groups excluding tert-OH is 1. The minimum Gasteiger partial charge on any atom is -0.508 e. The molecule has 0 aromatic heterocycles. The molecule has 1 fully saturated rings. The van der Waals surface area contributed by atoms with Gasteiger partial charge in [-0.05, 0) is 66.9 Å². The average Bonchev–Trinajstić information content (AvgIpc) is 2.99. The van der Waals surface area contributed by atoms with Gasteiger partial charge in [-0.3, -0.25) is 14.5 Å². The van der Waals surface area contributed by atoms with Gasteiger partial charge in [-0.2, -0.15) is 0 Å².